The molecular formula is C17H20ClN5O2. The number of fused-ring (bicyclic) bond motifs is 1. The third-order valence-corrected chi connectivity index (χ3v) is 4.20. The smallest absolute Gasteiger partial charge is 0.223 e. The normalized spacial score (nSPS) is 12.6. The van der Waals surface area contributed by atoms with Gasteiger partial charge in [0.15, 0.2) is 10.8 Å². The Kier molecular flexibility index (Phi) is 5.80. The SMILES string of the molecule is Nc1nc(Cl)c2ncn(CCC(CO)COCc3ccccc3)c2n1. The van der Waals surface area contributed by atoms with Gasteiger partial charge in [0.05, 0.1) is 19.5 Å². The summed E-state index contributed by atoms with van der Waals surface area (Å²) in [7, 11) is 0. The number of nitrogen functional groups attached to an aromatic ring is 1. The number of aryl methyl sites for hydroxylation is 1. The Labute approximate surface area is 150 Å². The molecule has 0 fully saturated rings. The summed E-state index contributed by atoms with van der Waals surface area (Å²) < 4.78 is 7.58. The Balaban J connectivity index is 1.56. The Hall–Kier alpha value is -2.22. The van der Waals surface area contributed by atoms with E-state index in [1.165, 1.54) is 0 Å². The minimum Gasteiger partial charge on any atom is -0.396 e. The quantitative estimate of drug-likeness (QED) is 0.597. The molecule has 0 aliphatic carbocycles. The molecule has 1 unspecified atom stereocenters. The molecule has 0 spiro atoms. The number of aliphatic hydroxyl groups is 1. The molecule has 0 saturated heterocycles. The molecule has 1 atom stereocenters. The van der Waals surface area contributed by atoms with Crippen LogP contribution in [-0.2, 0) is 17.9 Å². The van der Waals surface area contributed by atoms with E-state index in [2.05, 4.69) is 15.0 Å². The molecule has 3 rings (SSSR count). The van der Waals surface area contributed by atoms with Crippen molar-refractivity contribution in [1.29, 1.82) is 0 Å². The molecule has 3 N–H and O–H groups in total. The average molecular weight is 362 g/mol. The molecule has 1 aromatic carbocycles. The lowest BCUT2D eigenvalue weighted by Crippen LogP contribution is -2.16. The number of benzene rings is 1. The lowest BCUT2D eigenvalue weighted by atomic mass is 10.1. The van der Waals surface area contributed by atoms with Crippen LogP contribution in [0, 0.1) is 5.92 Å². The van der Waals surface area contributed by atoms with Gasteiger partial charge < -0.3 is 20.1 Å². The number of ether oxygens (including phenoxy) is 1. The maximum absolute atomic E-state index is 9.58. The first-order chi connectivity index (χ1) is 12.2. The van der Waals surface area contributed by atoms with Gasteiger partial charge in [0, 0.05) is 19.1 Å². The fourth-order valence-corrected chi connectivity index (χ4v) is 2.78. The second-order valence-electron chi connectivity index (χ2n) is 5.82. The first kappa shape index (κ1) is 17.6. The van der Waals surface area contributed by atoms with Crippen LogP contribution in [0.2, 0.25) is 5.15 Å². The zero-order chi connectivity index (χ0) is 17.6. The van der Waals surface area contributed by atoms with Gasteiger partial charge in [-0.15, -0.1) is 0 Å². The van der Waals surface area contributed by atoms with Gasteiger partial charge in [-0.1, -0.05) is 41.9 Å². The number of hydrogen-bond acceptors (Lipinski definition) is 6. The summed E-state index contributed by atoms with van der Waals surface area (Å²) in [6.45, 7) is 1.70. The third kappa shape index (κ3) is 4.45. The third-order valence-electron chi connectivity index (χ3n) is 3.94. The lowest BCUT2D eigenvalue weighted by Gasteiger charge is -2.15. The number of nitrogens with two attached hydrogens (primary N) is 1. The molecule has 8 heteroatoms. The van der Waals surface area contributed by atoms with Crippen molar-refractivity contribution < 1.29 is 9.84 Å². The first-order valence-corrected chi connectivity index (χ1v) is 8.41. The second-order valence-corrected chi connectivity index (χ2v) is 6.18. The van der Waals surface area contributed by atoms with E-state index in [-0.39, 0.29) is 23.6 Å². The Morgan fingerprint density at radius 3 is 2.80 bits per heavy atom. The average Bonchev–Trinajstić information content (AvgIpc) is 3.02. The van der Waals surface area contributed by atoms with E-state index < -0.39 is 0 Å². The second kappa shape index (κ2) is 8.24. The van der Waals surface area contributed by atoms with E-state index in [0.29, 0.717) is 30.9 Å². The molecule has 0 aliphatic rings. The highest BCUT2D eigenvalue weighted by Gasteiger charge is 2.13. The highest BCUT2D eigenvalue weighted by atomic mass is 35.5. The number of nitrogens with zero attached hydrogens (tertiary/aromatic N) is 4. The first-order valence-electron chi connectivity index (χ1n) is 8.03. The number of imidazole rings is 1. The summed E-state index contributed by atoms with van der Waals surface area (Å²) in [5.74, 6) is 0.139. The highest BCUT2D eigenvalue weighted by molar-refractivity contribution is 6.33. The van der Waals surface area contributed by atoms with Gasteiger partial charge in [-0.2, -0.15) is 9.97 Å². The van der Waals surface area contributed by atoms with Crippen molar-refractivity contribution >= 4 is 28.7 Å². The zero-order valence-electron chi connectivity index (χ0n) is 13.7. The maximum atomic E-state index is 9.58. The molecule has 0 bridgehead atoms. The molecule has 0 radical (unpaired) electrons. The van der Waals surface area contributed by atoms with Gasteiger partial charge in [-0.3, -0.25) is 0 Å². The van der Waals surface area contributed by atoms with E-state index in [9.17, 15) is 5.11 Å². The van der Waals surface area contributed by atoms with Crippen LogP contribution < -0.4 is 5.73 Å². The molecule has 0 amide bonds. The molecule has 132 valence electrons. The molecule has 7 nitrogen and oxygen atoms in total. The van der Waals surface area contributed by atoms with Crippen molar-refractivity contribution in [2.75, 3.05) is 18.9 Å². The van der Waals surface area contributed by atoms with Crippen molar-refractivity contribution in [3.05, 3.63) is 47.4 Å². The fraction of sp³-hybridized carbons (Fsp3) is 0.353. The van der Waals surface area contributed by atoms with E-state index in [4.69, 9.17) is 22.1 Å². The summed E-state index contributed by atoms with van der Waals surface area (Å²) in [4.78, 5) is 12.3. The van der Waals surface area contributed by atoms with Crippen LogP contribution >= 0.6 is 11.6 Å². The van der Waals surface area contributed by atoms with E-state index in [1.54, 1.807) is 6.33 Å². The van der Waals surface area contributed by atoms with Crippen LogP contribution in [-0.4, -0.2) is 37.8 Å². The number of halogens is 1. The predicted molar refractivity (Wildman–Crippen MR) is 96.0 cm³/mol. The molecule has 3 aromatic rings. The fourth-order valence-electron chi connectivity index (χ4n) is 2.56. The van der Waals surface area contributed by atoms with E-state index >= 15 is 0 Å². The van der Waals surface area contributed by atoms with Crippen LogP contribution in [0.25, 0.3) is 11.2 Å². The van der Waals surface area contributed by atoms with Crippen LogP contribution in [0.4, 0.5) is 5.95 Å². The Morgan fingerprint density at radius 1 is 1.24 bits per heavy atom. The largest absolute Gasteiger partial charge is 0.396 e. The standard InChI is InChI=1S/C17H20ClN5O2/c18-15-14-16(22-17(19)21-15)23(11-20-14)7-6-13(8-24)10-25-9-12-4-2-1-3-5-12/h1-5,11,13,24H,6-10H2,(H2,19,21,22). The number of rotatable bonds is 8. The topological polar surface area (TPSA) is 99.1 Å². The summed E-state index contributed by atoms with van der Waals surface area (Å²) in [6, 6.07) is 9.95. The van der Waals surface area contributed by atoms with E-state index in [1.807, 2.05) is 34.9 Å². The van der Waals surface area contributed by atoms with Gasteiger partial charge in [-0.25, -0.2) is 4.98 Å². The molecule has 0 aliphatic heterocycles. The minimum absolute atomic E-state index is 0.0239. The van der Waals surface area contributed by atoms with Crippen molar-refractivity contribution in [2.24, 2.45) is 5.92 Å². The van der Waals surface area contributed by atoms with Gasteiger partial charge in [0.1, 0.15) is 5.52 Å². The summed E-state index contributed by atoms with van der Waals surface area (Å²) in [6.07, 6.45) is 2.38. The Morgan fingerprint density at radius 2 is 2.04 bits per heavy atom. The zero-order valence-corrected chi connectivity index (χ0v) is 14.4. The van der Waals surface area contributed by atoms with Crippen molar-refractivity contribution in [2.45, 2.75) is 19.6 Å². The highest BCUT2D eigenvalue weighted by Crippen LogP contribution is 2.20. The summed E-state index contributed by atoms with van der Waals surface area (Å²) in [5, 5.41) is 9.82. The van der Waals surface area contributed by atoms with Crippen LogP contribution in [0.15, 0.2) is 36.7 Å². The van der Waals surface area contributed by atoms with Gasteiger partial charge >= 0.3 is 0 Å². The van der Waals surface area contributed by atoms with Gasteiger partial charge in [0.2, 0.25) is 5.95 Å². The summed E-state index contributed by atoms with van der Waals surface area (Å²) >= 11 is 6.03. The maximum Gasteiger partial charge on any atom is 0.223 e. The van der Waals surface area contributed by atoms with Crippen molar-refractivity contribution in [3.8, 4) is 0 Å². The molecule has 2 heterocycles. The van der Waals surface area contributed by atoms with Crippen molar-refractivity contribution in [3.63, 3.8) is 0 Å². The molecule has 2 aromatic heterocycles. The van der Waals surface area contributed by atoms with Crippen LogP contribution in [0.5, 0.6) is 0 Å². The number of anilines is 1. The monoisotopic (exact) mass is 361 g/mol. The number of aromatic nitrogens is 4. The lowest BCUT2D eigenvalue weighted by molar-refractivity contribution is 0.0580. The van der Waals surface area contributed by atoms with Crippen molar-refractivity contribution in [1.82, 2.24) is 19.5 Å². The van der Waals surface area contributed by atoms with Crippen LogP contribution in [0.3, 0.4) is 0 Å². The predicted octanol–water partition coefficient (Wildman–Crippen LogP) is 2.28. The van der Waals surface area contributed by atoms with Gasteiger partial charge in [0.25, 0.3) is 0 Å². The Bertz CT molecular complexity index is 825. The number of aliphatic hydroxyl groups excluding tert-OH is 1. The minimum atomic E-state index is 0.0239. The van der Waals surface area contributed by atoms with Crippen LogP contribution in [0.1, 0.15) is 12.0 Å². The molecule has 0 saturated carbocycles. The molecule has 25 heavy (non-hydrogen) atoms. The van der Waals surface area contributed by atoms with E-state index in [0.717, 1.165) is 12.0 Å². The summed E-state index contributed by atoms with van der Waals surface area (Å²) in [5.41, 5.74) is 7.88. The molecular weight excluding hydrogens is 342 g/mol. The number of hydrogen-bond donors (Lipinski definition) is 2. The van der Waals surface area contributed by atoms with Gasteiger partial charge in [-0.05, 0) is 12.0 Å².